The summed E-state index contributed by atoms with van der Waals surface area (Å²) in [5.74, 6) is -0.838. The van der Waals surface area contributed by atoms with Crippen molar-refractivity contribution in [1.29, 1.82) is 0 Å². The van der Waals surface area contributed by atoms with Crippen molar-refractivity contribution in [2.75, 3.05) is 6.61 Å². The zero-order valence-electron chi connectivity index (χ0n) is 5.36. The number of carbonyl (C=O) groups is 1. The Labute approximate surface area is 74.2 Å². The van der Waals surface area contributed by atoms with Crippen molar-refractivity contribution in [3.8, 4) is 0 Å². The van der Waals surface area contributed by atoms with Gasteiger partial charge in [0, 0.05) is 0 Å². The number of rotatable bonds is 1. The van der Waals surface area contributed by atoms with Gasteiger partial charge in [0.2, 0.25) is 0 Å². The van der Waals surface area contributed by atoms with Crippen LogP contribution < -0.4 is 6.15 Å². The van der Waals surface area contributed by atoms with E-state index in [9.17, 15) is 4.79 Å². The van der Waals surface area contributed by atoms with Gasteiger partial charge in [-0.1, -0.05) is 34.8 Å². The first-order chi connectivity index (χ1) is 3.98. The Bertz CT molecular complexity index is 112. The molecule has 0 aliphatic carbocycles. The van der Waals surface area contributed by atoms with E-state index in [0.29, 0.717) is 0 Å². The average molecular weight is 208 g/mol. The van der Waals surface area contributed by atoms with E-state index in [0.717, 1.165) is 0 Å². The molecule has 0 amide bonds. The highest BCUT2D eigenvalue weighted by Crippen LogP contribution is 2.27. The summed E-state index contributed by atoms with van der Waals surface area (Å²) in [6.07, 6.45) is 0. The lowest BCUT2D eigenvalue weighted by molar-refractivity contribution is -0.141. The van der Waals surface area contributed by atoms with Gasteiger partial charge in [-0.3, -0.25) is 0 Å². The topological polar surface area (TPSA) is 61.3 Å². The Hall–Kier alpha value is 0.300. The largest absolute Gasteiger partial charge is 0.463 e. The Balaban J connectivity index is 0. The van der Waals surface area contributed by atoms with Crippen LogP contribution in [0.4, 0.5) is 0 Å². The zero-order valence-corrected chi connectivity index (χ0v) is 7.63. The molecule has 0 rings (SSSR count). The van der Waals surface area contributed by atoms with Crippen molar-refractivity contribution in [3.63, 3.8) is 0 Å². The Morgan fingerprint density at radius 2 is 1.90 bits per heavy atom. The number of alkyl halides is 3. The van der Waals surface area contributed by atoms with Crippen LogP contribution in [0.5, 0.6) is 0 Å². The van der Waals surface area contributed by atoms with Crippen molar-refractivity contribution >= 4 is 40.8 Å². The van der Waals surface area contributed by atoms with Crippen LogP contribution in [0.25, 0.3) is 0 Å². The van der Waals surface area contributed by atoms with Gasteiger partial charge in [-0.15, -0.1) is 0 Å². The molecule has 0 aromatic heterocycles. The van der Waals surface area contributed by atoms with Gasteiger partial charge in [0.05, 0.1) is 6.61 Å². The summed E-state index contributed by atoms with van der Waals surface area (Å²) in [4.78, 5) is 10.4. The quantitative estimate of drug-likeness (QED) is 0.530. The predicted octanol–water partition coefficient (Wildman–Crippen LogP) is 2.08. The standard InChI is InChI=1S/C4H5Cl3O2.H3N/c1-2-9-3(8)4(5,6)7;/h2H2,1H3;1H3. The second-order valence-corrected chi connectivity index (χ2v) is 3.50. The van der Waals surface area contributed by atoms with Crippen LogP contribution in [0, 0.1) is 0 Å². The second-order valence-electron chi connectivity index (χ2n) is 1.22. The highest BCUT2D eigenvalue weighted by Gasteiger charge is 2.31. The molecule has 0 bridgehead atoms. The first kappa shape index (κ1) is 12.9. The van der Waals surface area contributed by atoms with Crippen molar-refractivity contribution in [1.82, 2.24) is 6.15 Å². The van der Waals surface area contributed by atoms with Crippen molar-refractivity contribution in [2.45, 2.75) is 10.7 Å². The monoisotopic (exact) mass is 207 g/mol. The number of carbonyl (C=O) groups excluding carboxylic acids is 1. The smallest absolute Gasteiger partial charge is 0.358 e. The van der Waals surface area contributed by atoms with Gasteiger partial charge in [-0.2, -0.15) is 0 Å². The molecule has 0 radical (unpaired) electrons. The molecule has 0 atom stereocenters. The minimum absolute atomic E-state index is 0. The first-order valence-corrected chi connectivity index (χ1v) is 3.35. The van der Waals surface area contributed by atoms with Gasteiger partial charge in [0.1, 0.15) is 0 Å². The minimum atomic E-state index is -1.93. The van der Waals surface area contributed by atoms with Gasteiger partial charge in [0.15, 0.2) is 0 Å². The van der Waals surface area contributed by atoms with Crippen molar-refractivity contribution < 1.29 is 9.53 Å². The second kappa shape index (κ2) is 5.02. The van der Waals surface area contributed by atoms with Gasteiger partial charge < -0.3 is 10.9 Å². The highest BCUT2D eigenvalue weighted by molar-refractivity contribution is 6.75. The third kappa shape index (κ3) is 5.11. The maximum Gasteiger partial charge on any atom is 0.358 e. The van der Waals surface area contributed by atoms with Crippen LogP contribution in [-0.4, -0.2) is 16.4 Å². The van der Waals surface area contributed by atoms with E-state index < -0.39 is 9.76 Å². The van der Waals surface area contributed by atoms with Gasteiger partial charge in [-0.05, 0) is 6.92 Å². The molecule has 6 heteroatoms. The average Bonchev–Trinajstić information content (AvgIpc) is 1.64. The zero-order chi connectivity index (χ0) is 7.49. The van der Waals surface area contributed by atoms with E-state index in [1.54, 1.807) is 6.92 Å². The summed E-state index contributed by atoms with van der Waals surface area (Å²) in [5, 5.41) is 0. The summed E-state index contributed by atoms with van der Waals surface area (Å²) < 4.78 is 2.44. The molecule has 0 fully saturated rings. The molecule has 62 valence electrons. The molecule has 3 N–H and O–H groups in total. The third-order valence-electron chi connectivity index (χ3n) is 0.507. The lowest BCUT2D eigenvalue weighted by atomic mass is 10.7. The molecular weight excluding hydrogens is 200 g/mol. The van der Waals surface area contributed by atoms with Crippen LogP contribution in [0.3, 0.4) is 0 Å². The summed E-state index contributed by atoms with van der Waals surface area (Å²) in [6, 6.07) is 0. The molecule has 0 spiro atoms. The fourth-order valence-corrected chi connectivity index (χ4v) is 0.377. The van der Waals surface area contributed by atoms with Crippen molar-refractivity contribution in [3.05, 3.63) is 0 Å². The number of hydrogen-bond donors (Lipinski definition) is 1. The van der Waals surface area contributed by atoms with E-state index in [-0.39, 0.29) is 12.8 Å². The fraction of sp³-hybridized carbons (Fsp3) is 0.750. The third-order valence-corrected chi connectivity index (χ3v) is 0.970. The van der Waals surface area contributed by atoms with E-state index in [2.05, 4.69) is 4.74 Å². The van der Waals surface area contributed by atoms with Crippen LogP contribution in [-0.2, 0) is 9.53 Å². The van der Waals surface area contributed by atoms with E-state index in [1.807, 2.05) is 0 Å². The molecule has 0 aromatic carbocycles. The number of esters is 1. The molecule has 0 aromatic rings. The molecule has 10 heavy (non-hydrogen) atoms. The molecule has 0 aliphatic heterocycles. The molecule has 0 saturated heterocycles. The van der Waals surface area contributed by atoms with E-state index in [1.165, 1.54) is 0 Å². The maximum absolute atomic E-state index is 10.4. The summed E-state index contributed by atoms with van der Waals surface area (Å²) in [6.45, 7) is 1.85. The SMILES string of the molecule is CCOC(=O)C(Cl)(Cl)Cl.N. The number of halogens is 3. The number of ether oxygens (including phenoxy) is 1. The lowest BCUT2D eigenvalue weighted by Gasteiger charge is -2.07. The van der Waals surface area contributed by atoms with Crippen LogP contribution in [0.15, 0.2) is 0 Å². The molecule has 0 heterocycles. The molecule has 0 aliphatic rings. The van der Waals surface area contributed by atoms with E-state index >= 15 is 0 Å². The molecule has 0 unspecified atom stereocenters. The summed E-state index contributed by atoms with van der Waals surface area (Å²) in [5.41, 5.74) is 0. The Kier molecular flexibility index (Phi) is 6.49. The van der Waals surface area contributed by atoms with Crippen LogP contribution in [0.1, 0.15) is 6.92 Å². The fourth-order valence-electron chi connectivity index (χ4n) is 0.213. The minimum Gasteiger partial charge on any atom is -0.463 e. The molecule has 0 saturated carbocycles. The van der Waals surface area contributed by atoms with Gasteiger partial charge >= 0.3 is 5.97 Å². The normalized spacial score (nSPS) is 10.0. The van der Waals surface area contributed by atoms with Crippen LogP contribution in [0.2, 0.25) is 0 Å². The maximum atomic E-state index is 10.4. The first-order valence-electron chi connectivity index (χ1n) is 2.22. The predicted molar refractivity (Wildman–Crippen MR) is 41.9 cm³/mol. The molecule has 3 nitrogen and oxygen atoms in total. The van der Waals surface area contributed by atoms with Crippen molar-refractivity contribution in [2.24, 2.45) is 0 Å². The van der Waals surface area contributed by atoms with Gasteiger partial charge in [0.25, 0.3) is 3.79 Å². The Morgan fingerprint density at radius 1 is 1.50 bits per heavy atom. The summed E-state index contributed by atoms with van der Waals surface area (Å²) in [7, 11) is 0. The lowest BCUT2D eigenvalue weighted by Crippen LogP contribution is -2.21. The van der Waals surface area contributed by atoms with Crippen LogP contribution >= 0.6 is 34.8 Å². The Morgan fingerprint density at radius 3 is 2.00 bits per heavy atom. The highest BCUT2D eigenvalue weighted by atomic mass is 35.6. The van der Waals surface area contributed by atoms with E-state index in [4.69, 9.17) is 34.8 Å². The number of hydrogen-bond acceptors (Lipinski definition) is 3. The summed E-state index contributed by atoms with van der Waals surface area (Å²) >= 11 is 15.4. The van der Waals surface area contributed by atoms with Gasteiger partial charge in [-0.25, -0.2) is 4.79 Å². The molecular formula is C4H8Cl3NO2.